The van der Waals surface area contributed by atoms with Crippen molar-refractivity contribution in [2.45, 2.75) is 19.1 Å². The monoisotopic (exact) mass is 167 g/mol. The number of aliphatic hydroxyl groups is 1. The lowest BCUT2D eigenvalue weighted by Gasteiger charge is -2.13. The number of rotatable bonds is 2. The third-order valence-corrected chi connectivity index (χ3v) is 1.61. The van der Waals surface area contributed by atoms with Gasteiger partial charge >= 0.3 is 0 Å². The van der Waals surface area contributed by atoms with E-state index in [1.807, 2.05) is 0 Å². The number of nitrogen functional groups attached to an aromatic ring is 1. The van der Waals surface area contributed by atoms with E-state index in [2.05, 4.69) is 4.98 Å². The van der Waals surface area contributed by atoms with E-state index in [0.29, 0.717) is 11.4 Å². The van der Waals surface area contributed by atoms with E-state index in [0.717, 1.165) is 0 Å². The summed E-state index contributed by atoms with van der Waals surface area (Å²) in [5.74, 6) is 0. The van der Waals surface area contributed by atoms with Crippen LogP contribution in [0.1, 0.15) is 18.7 Å². The zero-order valence-electron chi connectivity index (χ0n) is 6.94. The maximum Gasteiger partial charge on any atom is 0.111 e. The Morgan fingerprint density at radius 3 is 2.58 bits per heavy atom. The van der Waals surface area contributed by atoms with Crippen LogP contribution in [0.2, 0.25) is 0 Å². The molecule has 1 heterocycles. The Hall–Kier alpha value is -1.13. The Morgan fingerprint density at radius 1 is 1.50 bits per heavy atom. The fraction of sp³-hybridized carbons (Fsp3) is 0.375. The molecule has 0 aliphatic heterocycles. The van der Waals surface area contributed by atoms with Crippen molar-refractivity contribution in [3.05, 3.63) is 24.0 Å². The van der Waals surface area contributed by atoms with Gasteiger partial charge in [0.05, 0.1) is 17.6 Å². The van der Waals surface area contributed by atoms with Gasteiger partial charge in [-0.2, -0.15) is 0 Å². The largest absolute Gasteiger partial charge is 0.397 e. The van der Waals surface area contributed by atoms with Crippen molar-refractivity contribution < 1.29 is 5.11 Å². The summed E-state index contributed by atoms with van der Waals surface area (Å²) in [6, 6.07) is 3.04. The highest BCUT2D eigenvalue weighted by Gasteiger charge is 2.12. The molecule has 0 unspecified atom stereocenters. The molecule has 2 atom stereocenters. The van der Waals surface area contributed by atoms with Gasteiger partial charge in [0, 0.05) is 6.04 Å². The molecule has 66 valence electrons. The van der Waals surface area contributed by atoms with Crippen molar-refractivity contribution in [2.75, 3.05) is 5.73 Å². The predicted molar refractivity (Wildman–Crippen MR) is 47.3 cm³/mol. The fourth-order valence-electron chi connectivity index (χ4n) is 0.861. The second-order valence-corrected chi connectivity index (χ2v) is 2.82. The van der Waals surface area contributed by atoms with E-state index in [1.165, 1.54) is 6.20 Å². The molecule has 0 aromatic carbocycles. The van der Waals surface area contributed by atoms with Crippen LogP contribution in [0.4, 0.5) is 5.69 Å². The first-order valence-electron chi connectivity index (χ1n) is 3.76. The number of pyridine rings is 1. The first-order chi connectivity index (χ1) is 5.61. The third-order valence-electron chi connectivity index (χ3n) is 1.61. The van der Waals surface area contributed by atoms with Crippen LogP contribution in [0.15, 0.2) is 18.3 Å². The molecule has 0 radical (unpaired) electrons. The summed E-state index contributed by atoms with van der Waals surface area (Å²) in [6.07, 6.45) is 0.784. The van der Waals surface area contributed by atoms with Crippen molar-refractivity contribution >= 4 is 5.69 Å². The maximum atomic E-state index is 9.46. The van der Waals surface area contributed by atoms with Crippen molar-refractivity contribution in [1.82, 2.24) is 4.98 Å². The molecule has 0 aliphatic rings. The summed E-state index contributed by atoms with van der Waals surface area (Å²) in [4.78, 5) is 3.94. The molecular weight excluding hydrogens is 154 g/mol. The minimum absolute atomic E-state index is 0.318. The Balaban J connectivity index is 2.82. The minimum Gasteiger partial charge on any atom is -0.397 e. The van der Waals surface area contributed by atoms with E-state index < -0.39 is 6.10 Å². The number of hydrogen-bond donors (Lipinski definition) is 3. The molecule has 12 heavy (non-hydrogen) atoms. The number of nitrogens with two attached hydrogens (primary N) is 2. The predicted octanol–water partition coefficient (Wildman–Crippen LogP) is 0.0444. The second kappa shape index (κ2) is 3.51. The van der Waals surface area contributed by atoms with Gasteiger partial charge in [-0.3, -0.25) is 4.98 Å². The number of aliphatic hydroxyl groups excluding tert-OH is 1. The standard InChI is InChI=1S/C8H13N3O/c1-5(9)8(12)7-3-2-6(10)4-11-7/h2-5,8,12H,9-10H2,1H3/t5-,8-/m1/s1. The highest BCUT2D eigenvalue weighted by molar-refractivity contribution is 5.35. The minimum atomic E-state index is -0.717. The van der Waals surface area contributed by atoms with Crippen LogP contribution in [-0.4, -0.2) is 16.1 Å². The SMILES string of the molecule is C[C@@H](N)[C@@H](O)c1ccc(N)cn1. The Labute approximate surface area is 71.2 Å². The molecule has 0 fully saturated rings. The van der Waals surface area contributed by atoms with E-state index in [-0.39, 0.29) is 6.04 Å². The quantitative estimate of drug-likeness (QED) is 0.580. The van der Waals surface area contributed by atoms with Crippen molar-refractivity contribution in [1.29, 1.82) is 0 Å². The fourth-order valence-corrected chi connectivity index (χ4v) is 0.861. The first-order valence-corrected chi connectivity index (χ1v) is 3.76. The van der Waals surface area contributed by atoms with Crippen LogP contribution in [0.5, 0.6) is 0 Å². The molecule has 1 aromatic rings. The summed E-state index contributed by atoms with van der Waals surface area (Å²) in [6.45, 7) is 1.72. The van der Waals surface area contributed by atoms with E-state index >= 15 is 0 Å². The van der Waals surface area contributed by atoms with Gasteiger partial charge in [0.1, 0.15) is 6.10 Å². The summed E-state index contributed by atoms with van der Waals surface area (Å²) in [7, 11) is 0. The van der Waals surface area contributed by atoms with E-state index in [4.69, 9.17) is 11.5 Å². The molecule has 0 saturated carbocycles. The van der Waals surface area contributed by atoms with Crippen LogP contribution in [0.25, 0.3) is 0 Å². The van der Waals surface area contributed by atoms with Gasteiger partial charge in [-0.1, -0.05) is 0 Å². The van der Waals surface area contributed by atoms with Gasteiger partial charge in [-0.05, 0) is 19.1 Å². The summed E-state index contributed by atoms with van der Waals surface area (Å²) in [5, 5.41) is 9.46. The normalized spacial score (nSPS) is 15.6. The van der Waals surface area contributed by atoms with Crippen molar-refractivity contribution in [3.63, 3.8) is 0 Å². The number of aromatic nitrogens is 1. The molecule has 4 nitrogen and oxygen atoms in total. The van der Waals surface area contributed by atoms with Crippen LogP contribution in [0, 0.1) is 0 Å². The summed E-state index contributed by atoms with van der Waals surface area (Å²) >= 11 is 0. The first kappa shape index (κ1) is 8.96. The molecule has 5 N–H and O–H groups in total. The lowest BCUT2D eigenvalue weighted by Crippen LogP contribution is -2.25. The summed E-state index contributed by atoms with van der Waals surface area (Å²) < 4.78 is 0. The maximum absolute atomic E-state index is 9.46. The van der Waals surface area contributed by atoms with Crippen LogP contribution in [0.3, 0.4) is 0 Å². The van der Waals surface area contributed by atoms with Crippen molar-refractivity contribution in [2.24, 2.45) is 5.73 Å². The average molecular weight is 167 g/mol. The number of hydrogen-bond acceptors (Lipinski definition) is 4. The third kappa shape index (κ3) is 1.93. The molecule has 4 heteroatoms. The van der Waals surface area contributed by atoms with E-state index in [1.54, 1.807) is 19.1 Å². The number of anilines is 1. The van der Waals surface area contributed by atoms with E-state index in [9.17, 15) is 5.11 Å². The molecule has 0 aliphatic carbocycles. The smallest absolute Gasteiger partial charge is 0.111 e. The lowest BCUT2D eigenvalue weighted by molar-refractivity contribution is 0.149. The molecule has 1 aromatic heterocycles. The van der Waals surface area contributed by atoms with Gasteiger partial charge in [-0.25, -0.2) is 0 Å². The van der Waals surface area contributed by atoms with Gasteiger partial charge in [-0.15, -0.1) is 0 Å². The average Bonchev–Trinajstić information content (AvgIpc) is 2.04. The van der Waals surface area contributed by atoms with Gasteiger partial charge in [0.15, 0.2) is 0 Å². The molecule has 0 bridgehead atoms. The van der Waals surface area contributed by atoms with Gasteiger partial charge in [0.2, 0.25) is 0 Å². The molecule has 0 amide bonds. The van der Waals surface area contributed by atoms with Crippen LogP contribution in [-0.2, 0) is 0 Å². The molecular formula is C8H13N3O. The summed E-state index contributed by atoms with van der Waals surface area (Å²) in [5.41, 5.74) is 12.0. The van der Waals surface area contributed by atoms with Gasteiger partial charge in [0.25, 0.3) is 0 Å². The zero-order valence-corrected chi connectivity index (χ0v) is 6.94. The highest BCUT2D eigenvalue weighted by Crippen LogP contribution is 2.13. The topological polar surface area (TPSA) is 85.2 Å². The van der Waals surface area contributed by atoms with Crippen LogP contribution >= 0.6 is 0 Å². The molecule has 0 spiro atoms. The van der Waals surface area contributed by atoms with Crippen LogP contribution < -0.4 is 11.5 Å². The highest BCUT2D eigenvalue weighted by atomic mass is 16.3. The van der Waals surface area contributed by atoms with Gasteiger partial charge < -0.3 is 16.6 Å². The lowest BCUT2D eigenvalue weighted by atomic mass is 10.1. The molecule has 1 rings (SSSR count). The van der Waals surface area contributed by atoms with Crippen molar-refractivity contribution in [3.8, 4) is 0 Å². The Bertz CT molecular complexity index is 245. The second-order valence-electron chi connectivity index (χ2n) is 2.82. The Morgan fingerprint density at radius 2 is 2.17 bits per heavy atom. The zero-order chi connectivity index (χ0) is 9.14. The number of nitrogens with zero attached hydrogens (tertiary/aromatic N) is 1. The molecule has 0 saturated heterocycles. The Kier molecular flexibility index (Phi) is 2.62.